The molecular formula is C14H11ClN2O4S2. The molecule has 120 valence electrons. The van der Waals surface area contributed by atoms with Gasteiger partial charge in [0.2, 0.25) is 0 Å². The van der Waals surface area contributed by atoms with E-state index in [1.54, 1.807) is 6.92 Å². The van der Waals surface area contributed by atoms with Crippen LogP contribution in [-0.4, -0.2) is 45.1 Å². The number of rotatable bonds is 0. The van der Waals surface area contributed by atoms with E-state index in [0.717, 1.165) is 29.9 Å². The van der Waals surface area contributed by atoms with Gasteiger partial charge in [0.05, 0.1) is 19.1 Å². The van der Waals surface area contributed by atoms with Crippen LogP contribution in [0.2, 0.25) is 5.02 Å². The highest BCUT2D eigenvalue weighted by Gasteiger charge is 2.47. The average Bonchev–Trinajstić information content (AvgIpc) is 3.21. The summed E-state index contributed by atoms with van der Waals surface area (Å²) >= 11 is 8.23. The molecule has 0 atom stereocenters. The molecule has 0 radical (unpaired) electrons. The number of carbonyl (C=O) groups is 2. The van der Waals surface area contributed by atoms with Gasteiger partial charge in [-0.25, -0.2) is 10.0 Å². The highest BCUT2D eigenvalue weighted by Crippen LogP contribution is 2.61. The largest absolute Gasteiger partial charge is 0.506 e. The minimum atomic E-state index is -0.322. The molecule has 2 saturated heterocycles. The van der Waals surface area contributed by atoms with Gasteiger partial charge in [-0.05, 0) is 13.3 Å². The smallest absolute Gasteiger partial charge is 0.279 e. The molecule has 4 rings (SSSR count). The van der Waals surface area contributed by atoms with Crippen LogP contribution in [-0.2, 0) is 9.59 Å². The maximum absolute atomic E-state index is 12.5. The van der Waals surface area contributed by atoms with E-state index in [1.165, 1.54) is 10.0 Å². The number of hydrazine groups is 1. The number of hydrogen-bond acceptors (Lipinski definition) is 6. The average molecular weight is 371 g/mol. The SMILES string of the molecule is Cc1c(O)c2c(c(O)c1Cl)SC(=C1C(=O)N3CCCN3C1=O)S2. The first-order valence-corrected chi connectivity index (χ1v) is 8.90. The van der Waals surface area contributed by atoms with E-state index < -0.39 is 0 Å². The zero-order valence-corrected chi connectivity index (χ0v) is 14.3. The summed E-state index contributed by atoms with van der Waals surface area (Å²) < 4.78 is 0.469. The minimum absolute atomic E-state index is 0.0328. The zero-order chi connectivity index (χ0) is 16.5. The molecule has 3 aliphatic heterocycles. The van der Waals surface area contributed by atoms with Crippen LogP contribution in [0, 0.1) is 6.92 Å². The molecule has 1 aromatic carbocycles. The van der Waals surface area contributed by atoms with Gasteiger partial charge < -0.3 is 10.2 Å². The number of benzene rings is 1. The molecular weight excluding hydrogens is 360 g/mol. The second kappa shape index (κ2) is 4.99. The van der Waals surface area contributed by atoms with Crippen molar-refractivity contribution in [3.05, 3.63) is 20.4 Å². The van der Waals surface area contributed by atoms with Crippen LogP contribution in [0.1, 0.15) is 12.0 Å². The van der Waals surface area contributed by atoms with Crippen LogP contribution in [0.15, 0.2) is 19.6 Å². The predicted octanol–water partition coefficient (Wildman–Crippen LogP) is 2.46. The van der Waals surface area contributed by atoms with Gasteiger partial charge in [-0.2, -0.15) is 0 Å². The van der Waals surface area contributed by atoms with E-state index in [2.05, 4.69) is 0 Å². The third-order valence-electron chi connectivity index (χ3n) is 4.05. The lowest BCUT2D eigenvalue weighted by Crippen LogP contribution is -2.33. The zero-order valence-electron chi connectivity index (χ0n) is 11.9. The molecule has 6 nitrogen and oxygen atoms in total. The number of nitrogens with zero attached hydrogens (tertiary/aromatic N) is 2. The summed E-state index contributed by atoms with van der Waals surface area (Å²) in [5.41, 5.74) is 0.471. The molecule has 0 aliphatic carbocycles. The Bertz CT molecular complexity index is 761. The normalized spacial score (nSPS) is 19.9. The first kappa shape index (κ1) is 15.0. The van der Waals surface area contributed by atoms with Crippen LogP contribution in [0.25, 0.3) is 0 Å². The Balaban J connectivity index is 1.82. The number of phenols is 2. The first-order valence-electron chi connectivity index (χ1n) is 6.89. The van der Waals surface area contributed by atoms with Gasteiger partial charge in [-0.3, -0.25) is 9.59 Å². The molecule has 9 heteroatoms. The van der Waals surface area contributed by atoms with Crippen molar-refractivity contribution in [1.82, 2.24) is 10.0 Å². The summed E-state index contributed by atoms with van der Waals surface area (Å²) in [6.07, 6.45) is 0.775. The van der Waals surface area contributed by atoms with Crippen LogP contribution in [0.3, 0.4) is 0 Å². The Morgan fingerprint density at radius 1 is 1.00 bits per heavy atom. The molecule has 0 spiro atoms. The summed E-state index contributed by atoms with van der Waals surface area (Å²) in [5, 5.41) is 23.4. The molecule has 2 N–H and O–H groups in total. The Labute approximate surface area is 145 Å². The third kappa shape index (κ3) is 1.91. The molecule has 0 unspecified atom stereocenters. The van der Waals surface area contributed by atoms with Gasteiger partial charge in [0.1, 0.15) is 17.1 Å². The van der Waals surface area contributed by atoms with Gasteiger partial charge in [-0.15, -0.1) is 0 Å². The summed E-state index contributed by atoms with van der Waals surface area (Å²) in [7, 11) is 0. The summed E-state index contributed by atoms with van der Waals surface area (Å²) in [6, 6.07) is 0. The maximum Gasteiger partial charge on any atom is 0.279 e. The van der Waals surface area contributed by atoms with Gasteiger partial charge in [0, 0.05) is 18.7 Å². The lowest BCUT2D eigenvalue weighted by atomic mass is 10.2. The van der Waals surface area contributed by atoms with Crippen molar-refractivity contribution in [2.75, 3.05) is 13.1 Å². The quantitative estimate of drug-likeness (QED) is 0.415. The van der Waals surface area contributed by atoms with E-state index >= 15 is 0 Å². The van der Waals surface area contributed by atoms with E-state index in [-0.39, 0.29) is 33.9 Å². The highest BCUT2D eigenvalue weighted by atomic mass is 35.5. The summed E-state index contributed by atoms with van der Waals surface area (Å²) in [4.78, 5) is 25.7. The van der Waals surface area contributed by atoms with Gasteiger partial charge >= 0.3 is 0 Å². The molecule has 0 bridgehead atoms. The second-order valence-electron chi connectivity index (χ2n) is 5.37. The number of phenolic OH excluding ortho intramolecular Hbond substituents is 2. The van der Waals surface area contributed by atoms with Crippen LogP contribution in [0.4, 0.5) is 0 Å². The predicted molar refractivity (Wildman–Crippen MR) is 86.3 cm³/mol. The molecule has 0 saturated carbocycles. The van der Waals surface area contributed by atoms with Crippen molar-refractivity contribution in [3.63, 3.8) is 0 Å². The van der Waals surface area contributed by atoms with Crippen molar-refractivity contribution in [2.24, 2.45) is 0 Å². The van der Waals surface area contributed by atoms with Gasteiger partial charge in [0.15, 0.2) is 0 Å². The fourth-order valence-electron chi connectivity index (χ4n) is 2.82. The standard InChI is InChI=1S/C14H11ClN2O4S2/c1-5-7(15)9(19)11-10(8(5)18)22-14(23-11)6-12(20)16-3-2-4-17(16)13(6)21/h18-19H,2-4H2,1H3. The van der Waals surface area contributed by atoms with Crippen molar-refractivity contribution < 1.29 is 19.8 Å². The monoisotopic (exact) mass is 370 g/mol. The Hall–Kier alpha value is -1.51. The van der Waals surface area contributed by atoms with E-state index in [4.69, 9.17) is 11.6 Å². The summed E-state index contributed by atoms with van der Waals surface area (Å²) in [6.45, 7) is 2.66. The molecule has 2 amide bonds. The molecule has 1 aromatic rings. The molecule has 3 heterocycles. The Morgan fingerprint density at radius 3 is 2.09 bits per heavy atom. The van der Waals surface area contributed by atoms with Crippen molar-refractivity contribution in [1.29, 1.82) is 0 Å². The topological polar surface area (TPSA) is 81.1 Å². The number of carbonyl (C=O) groups excluding carboxylic acids is 2. The van der Waals surface area contributed by atoms with E-state index in [9.17, 15) is 19.8 Å². The van der Waals surface area contributed by atoms with E-state index in [1.807, 2.05) is 0 Å². The highest BCUT2D eigenvalue weighted by molar-refractivity contribution is 8.25. The molecule has 0 aromatic heterocycles. The molecule has 3 aliphatic rings. The molecule has 2 fully saturated rings. The number of aromatic hydroxyl groups is 2. The lowest BCUT2D eigenvalue weighted by molar-refractivity contribution is -0.141. The van der Waals surface area contributed by atoms with Crippen molar-refractivity contribution >= 4 is 46.9 Å². The number of hydrogen-bond donors (Lipinski definition) is 2. The number of halogens is 1. The van der Waals surface area contributed by atoms with Gasteiger partial charge in [-0.1, -0.05) is 35.1 Å². The van der Waals surface area contributed by atoms with Gasteiger partial charge in [0.25, 0.3) is 11.8 Å². The Kier molecular flexibility index (Phi) is 3.26. The molecule has 23 heavy (non-hydrogen) atoms. The van der Waals surface area contributed by atoms with E-state index in [0.29, 0.717) is 32.7 Å². The first-order chi connectivity index (χ1) is 10.9. The number of thioether (sulfide) groups is 2. The number of amides is 2. The van der Waals surface area contributed by atoms with Crippen LogP contribution >= 0.6 is 35.1 Å². The van der Waals surface area contributed by atoms with Crippen molar-refractivity contribution in [3.8, 4) is 11.5 Å². The summed E-state index contributed by atoms with van der Waals surface area (Å²) in [5.74, 6) is -0.812. The maximum atomic E-state index is 12.5. The third-order valence-corrected chi connectivity index (χ3v) is 7.12. The van der Waals surface area contributed by atoms with Crippen LogP contribution in [0.5, 0.6) is 11.5 Å². The van der Waals surface area contributed by atoms with Crippen LogP contribution < -0.4 is 0 Å². The minimum Gasteiger partial charge on any atom is -0.506 e. The fourth-order valence-corrected chi connectivity index (χ4v) is 5.73. The Morgan fingerprint density at radius 2 is 1.52 bits per heavy atom. The number of fused-ring (bicyclic) bond motifs is 2. The second-order valence-corrected chi connectivity index (χ2v) is 8.05. The fraction of sp³-hybridized carbons (Fsp3) is 0.286. The lowest BCUT2D eigenvalue weighted by Gasteiger charge is -2.16. The van der Waals surface area contributed by atoms with Crippen molar-refractivity contribution in [2.45, 2.75) is 23.1 Å².